The molecule has 3 rings (SSSR count). The van der Waals surface area contributed by atoms with Crippen molar-refractivity contribution in [3.8, 4) is 0 Å². The second kappa shape index (κ2) is 10.7. The highest BCUT2D eigenvalue weighted by atomic mass is 35.5. The number of nitrogens with one attached hydrogen (secondary N) is 1. The Labute approximate surface area is 176 Å². The van der Waals surface area contributed by atoms with E-state index in [1.165, 1.54) is 0 Å². The lowest BCUT2D eigenvalue weighted by molar-refractivity contribution is 0.0365. The lowest BCUT2D eigenvalue weighted by Crippen LogP contribution is -2.40. The molecule has 0 bridgehead atoms. The second-order valence-electron chi connectivity index (χ2n) is 6.79. The van der Waals surface area contributed by atoms with Crippen molar-refractivity contribution in [2.24, 2.45) is 0 Å². The van der Waals surface area contributed by atoms with Crippen LogP contribution in [-0.2, 0) is 11.3 Å². The molecule has 7 heteroatoms. The summed E-state index contributed by atoms with van der Waals surface area (Å²) in [7, 11) is 0. The molecule has 1 aliphatic rings. The molecular weight excluding hydrogens is 397 g/mol. The molecule has 1 heterocycles. The highest BCUT2D eigenvalue weighted by Crippen LogP contribution is 2.16. The van der Waals surface area contributed by atoms with Crippen LogP contribution in [0.4, 0.5) is 10.5 Å². The fourth-order valence-electron chi connectivity index (χ4n) is 3.11. The fourth-order valence-corrected chi connectivity index (χ4v) is 3.36. The van der Waals surface area contributed by atoms with Crippen LogP contribution in [0.5, 0.6) is 0 Å². The number of morpholine rings is 1. The zero-order chi connectivity index (χ0) is 19.8. The zero-order valence-corrected chi connectivity index (χ0v) is 17.3. The number of anilines is 1. The number of nitrogens with zero attached hydrogens (tertiary/aromatic N) is 2. The van der Waals surface area contributed by atoms with E-state index in [-0.39, 0.29) is 6.03 Å². The molecule has 2 aromatic rings. The van der Waals surface area contributed by atoms with Gasteiger partial charge in [-0.15, -0.1) is 0 Å². The van der Waals surface area contributed by atoms with Gasteiger partial charge in [0.25, 0.3) is 0 Å². The van der Waals surface area contributed by atoms with Crippen molar-refractivity contribution in [2.75, 3.05) is 44.7 Å². The van der Waals surface area contributed by atoms with Gasteiger partial charge >= 0.3 is 6.03 Å². The quantitative estimate of drug-likeness (QED) is 0.701. The number of hydrogen-bond donors (Lipinski definition) is 1. The Morgan fingerprint density at radius 3 is 2.25 bits per heavy atom. The first-order valence-corrected chi connectivity index (χ1v) is 10.2. The van der Waals surface area contributed by atoms with Crippen LogP contribution in [0.15, 0.2) is 48.5 Å². The number of halogens is 2. The van der Waals surface area contributed by atoms with Gasteiger partial charge in [-0.2, -0.15) is 0 Å². The predicted molar refractivity (Wildman–Crippen MR) is 114 cm³/mol. The molecule has 0 aliphatic carbocycles. The van der Waals surface area contributed by atoms with Crippen LogP contribution >= 0.6 is 23.2 Å². The predicted octanol–water partition coefficient (Wildman–Crippen LogP) is 4.75. The van der Waals surface area contributed by atoms with Gasteiger partial charge < -0.3 is 15.0 Å². The van der Waals surface area contributed by atoms with Gasteiger partial charge in [-0.3, -0.25) is 4.90 Å². The Hall–Kier alpha value is -1.79. The third-order valence-corrected chi connectivity index (χ3v) is 5.18. The van der Waals surface area contributed by atoms with E-state index in [1.807, 2.05) is 29.2 Å². The summed E-state index contributed by atoms with van der Waals surface area (Å²) in [6, 6.07) is 14.6. The normalized spacial score (nSPS) is 14.6. The van der Waals surface area contributed by atoms with Gasteiger partial charge in [0.2, 0.25) is 0 Å². The van der Waals surface area contributed by atoms with Crippen LogP contribution < -0.4 is 5.32 Å². The minimum atomic E-state index is -0.126. The number of carbonyl (C=O) groups is 1. The maximum absolute atomic E-state index is 12.9. The Bertz CT molecular complexity index is 747. The summed E-state index contributed by atoms with van der Waals surface area (Å²) in [6.07, 6.45) is 0.904. The molecule has 1 aliphatic heterocycles. The number of carbonyl (C=O) groups excluding carboxylic acids is 1. The number of hydrogen-bond acceptors (Lipinski definition) is 3. The first kappa shape index (κ1) is 20.9. The van der Waals surface area contributed by atoms with Crippen LogP contribution in [0.3, 0.4) is 0 Å². The maximum Gasteiger partial charge on any atom is 0.322 e. The molecule has 0 unspecified atom stereocenters. The topological polar surface area (TPSA) is 44.8 Å². The monoisotopic (exact) mass is 421 g/mol. The first-order chi connectivity index (χ1) is 13.6. The SMILES string of the molecule is O=C(Nc1ccc(Cl)cc1)N(CCCN1CCOCC1)Cc1ccc(Cl)cc1. The second-order valence-corrected chi connectivity index (χ2v) is 7.67. The molecule has 2 amide bonds. The van der Waals surface area contributed by atoms with Gasteiger partial charge in [-0.25, -0.2) is 4.79 Å². The van der Waals surface area contributed by atoms with Crippen LogP contribution in [0.25, 0.3) is 0 Å². The highest BCUT2D eigenvalue weighted by Gasteiger charge is 2.16. The first-order valence-electron chi connectivity index (χ1n) is 9.46. The van der Waals surface area contributed by atoms with Crippen molar-refractivity contribution in [1.82, 2.24) is 9.80 Å². The molecule has 0 saturated carbocycles. The number of rotatable bonds is 7. The van der Waals surface area contributed by atoms with E-state index < -0.39 is 0 Å². The van der Waals surface area contributed by atoms with Crippen molar-refractivity contribution in [3.05, 3.63) is 64.1 Å². The van der Waals surface area contributed by atoms with E-state index in [1.54, 1.807) is 24.3 Å². The Kier molecular flexibility index (Phi) is 7.98. The fraction of sp³-hybridized carbons (Fsp3) is 0.381. The number of amides is 2. The molecule has 1 N–H and O–H groups in total. The summed E-state index contributed by atoms with van der Waals surface area (Å²) >= 11 is 11.9. The average Bonchev–Trinajstić information content (AvgIpc) is 2.71. The van der Waals surface area contributed by atoms with Crippen molar-refractivity contribution < 1.29 is 9.53 Å². The number of urea groups is 1. The molecule has 150 valence electrons. The molecule has 0 radical (unpaired) electrons. The van der Waals surface area contributed by atoms with E-state index in [9.17, 15) is 4.79 Å². The lowest BCUT2D eigenvalue weighted by atomic mass is 10.2. The summed E-state index contributed by atoms with van der Waals surface area (Å²) in [5.41, 5.74) is 1.77. The largest absolute Gasteiger partial charge is 0.379 e. The third kappa shape index (κ3) is 6.67. The highest BCUT2D eigenvalue weighted by molar-refractivity contribution is 6.30. The molecule has 5 nitrogen and oxygen atoms in total. The van der Waals surface area contributed by atoms with Gasteiger partial charge in [0.1, 0.15) is 0 Å². The van der Waals surface area contributed by atoms with Crippen LogP contribution in [0, 0.1) is 0 Å². The molecule has 0 spiro atoms. The Morgan fingerprint density at radius 2 is 1.61 bits per heavy atom. The van der Waals surface area contributed by atoms with Gasteiger partial charge in [-0.05, 0) is 48.4 Å². The summed E-state index contributed by atoms with van der Waals surface area (Å²) in [5.74, 6) is 0. The minimum absolute atomic E-state index is 0.126. The van der Waals surface area contributed by atoms with Crippen LogP contribution in [-0.4, -0.2) is 55.2 Å². The molecule has 1 saturated heterocycles. The average molecular weight is 422 g/mol. The van der Waals surface area contributed by atoms with Gasteiger partial charge in [0.05, 0.1) is 13.2 Å². The summed E-state index contributed by atoms with van der Waals surface area (Å²) in [4.78, 5) is 17.1. The van der Waals surface area contributed by atoms with Crippen molar-refractivity contribution >= 4 is 34.9 Å². The molecule has 0 aromatic heterocycles. The smallest absolute Gasteiger partial charge is 0.322 e. The van der Waals surface area contributed by atoms with E-state index in [4.69, 9.17) is 27.9 Å². The van der Waals surface area contributed by atoms with Gasteiger partial charge in [-0.1, -0.05) is 35.3 Å². The summed E-state index contributed by atoms with van der Waals surface area (Å²) in [5, 5.41) is 4.29. The third-order valence-electron chi connectivity index (χ3n) is 4.68. The molecule has 1 fully saturated rings. The maximum atomic E-state index is 12.9. The molecule has 0 atom stereocenters. The van der Waals surface area contributed by atoms with Crippen molar-refractivity contribution in [2.45, 2.75) is 13.0 Å². The standard InChI is InChI=1S/C21H25Cl2N3O2/c22-18-4-2-17(3-5-18)16-26(11-1-10-25-12-14-28-15-13-25)21(27)24-20-8-6-19(23)7-9-20/h2-9H,1,10-16H2,(H,24,27). The van der Waals surface area contributed by atoms with Crippen molar-refractivity contribution in [3.63, 3.8) is 0 Å². The van der Waals surface area contributed by atoms with E-state index in [2.05, 4.69) is 10.2 Å². The van der Waals surface area contributed by atoms with E-state index in [0.29, 0.717) is 23.1 Å². The van der Waals surface area contributed by atoms with E-state index in [0.717, 1.165) is 50.5 Å². The lowest BCUT2D eigenvalue weighted by Gasteiger charge is -2.28. The Balaban J connectivity index is 1.61. The molecule has 28 heavy (non-hydrogen) atoms. The summed E-state index contributed by atoms with van der Waals surface area (Å²) < 4.78 is 5.39. The zero-order valence-electron chi connectivity index (χ0n) is 15.7. The Morgan fingerprint density at radius 1 is 1.00 bits per heavy atom. The molecule has 2 aromatic carbocycles. The summed E-state index contributed by atoms with van der Waals surface area (Å²) in [6.45, 7) is 5.62. The van der Waals surface area contributed by atoms with E-state index >= 15 is 0 Å². The molecular formula is C21H25Cl2N3O2. The van der Waals surface area contributed by atoms with Crippen molar-refractivity contribution in [1.29, 1.82) is 0 Å². The van der Waals surface area contributed by atoms with Crippen LogP contribution in [0.2, 0.25) is 10.0 Å². The van der Waals surface area contributed by atoms with Gasteiger partial charge in [0, 0.05) is 48.5 Å². The minimum Gasteiger partial charge on any atom is -0.379 e. The number of benzene rings is 2. The van der Waals surface area contributed by atoms with Crippen LogP contribution in [0.1, 0.15) is 12.0 Å². The number of ether oxygens (including phenoxy) is 1. The van der Waals surface area contributed by atoms with Gasteiger partial charge in [0.15, 0.2) is 0 Å².